The van der Waals surface area contributed by atoms with Crippen molar-refractivity contribution in [1.29, 1.82) is 0 Å². The minimum atomic E-state index is -0.630. The predicted octanol–water partition coefficient (Wildman–Crippen LogP) is 9.43. The van der Waals surface area contributed by atoms with E-state index in [-0.39, 0.29) is 0 Å². The summed E-state index contributed by atoms with van der Waals surface area (Å²) in [6.45, 7) is 0. The molecule has 1 aliphatic heterocycles. The average Bonchev–Trinajstić information content (AvgIpc) is 3.56. The summed E-state index contributed by atoms with van der Waals surface area (Å²) in [6.07, 6.45) is 0. The molecule has 198 valence electrons. The second kappa shape index (κ2) is 8.69. The van der Waals surface area contributed by atoms with Crippen LogP contribution in [-0.4, -0.2) is 9.55 Å². The quantitative estimate of drug-likeness (QED) is 0.224. The molecule has 0 atom stereocenters. The van der Waals surface area contributed by atoms with Crippen molar-refractivity contribution in [2.45, 2.75) is 5.54 Å². The number of anilines is 3. The van der Waals surface area contributed by atoms with Crippen LogP contribution in [0.3, 0.4) is 0 Å². The predicted molar refractivity (Wildman–Crippen MR) is 168 cm³/mol. The Labute approximate surface area is 243 Å². The Balaban J connectivity index is 1.36. The fraction of sp³-hybridized carbons (Fsp3) is 0.0263. The van der Waals surface area contributed by atoms with E-state index in [1.54, 1.807) is 0 Å². The number of imidazole rings is 1. The Morgan fingerprint density at radius 3 is 1.76 bits per heavy atom. The van der Waals surface area contributed by atoms with Crippen molar-refractivity contribution in [3.8, 4) is 22.9 Å². The molecule has 6 aromatic carbocycles. The zero-order valence-electron chi connectivity index (χ0n) is 22.7. The molecule has 0 unspecified atom stereocenters. The van der Waals surface area contributed by atoms with Crippen molar-refractivity contribution in [2.75, 3.05) is 4.90 Å². The molecule has 2 aliphatic rings. The molecule has 1 aliphatic carbocycles. The van der Waals surface area contributed by atoms with Gasteiger partial charge in [0.2, 0.25) is 0 Å². The van der Waals surface area contributed by atoms with Crippen molar-refractivity contribution in [3.63, 3.8) is 0 Å². The number of nitrogens with zero attached hydrogens (tertiary/aromatic N) is 3. The first-order valence-electron chi connectivity index (χ1n) is 14.2. The smallest absolute Gasteiger partial charge is 0.304 e. The molecule has 7 aromatic rings. The van der Waals surface area contributed by atoms with E-state index in [2.05, 4.69) is 143 Å². The van der Waals surface area contributed by atoms with Crippen molar-refractivity contribution >= 4 is 28.1 Å². The lowest BCUT2D eigenvalue weighted by Crippen LogP contribution is -2.38. The van der Waals surface area contributed by atoms with Gasteiger partial charge < -0.3 is 9.64 Å². The highest BCUT2D eigenvalue weighted by Gasteiger charge is 2.52. The molecule has 4 nitrogen and oxygen atoms in total. The van der Waals surface area contributed by atoms with E-state index in [1.807, 2.05) is 18.2 Å². The van der Waals surface area contributed by atoms with Gasteiger partial charge in [-0.25, -0.2) is 0 Å². The molecule has 42 heavy (non-hydrogen) atoms. The van der Waals surface area contributed by atoms with Crippen LogP contribution in [0.4, 0.5) is 17.1 Å². The van der Waals surface area contributed by atoms with E-state index in [0.717, 1.165) is 39.4 Å². The van der Waals surface area contributed by atoms with Gasteiger partial charge in [-0.2, -0.15) is 4.98 Å². The van der Waals surface area contributed by atoms with Gasteiger partial charge in [0.05, 0.1) is 11.0 Å². The molecule has 0 fully saturated rings. The summed E-state index contributed by atoms with van der Waals surface area (Å²) in [5.74, 6) is 0.804. The normalized spacial score (nSPS) is 13.6. The van der Waals surface area contributed by atoms with E-state index in [9.17, 15) is 0 Å². The minimum Gasteiger partial charge on any atom is -0.425 e. The first kappa shape index (κ1) is 23.1. The summed E-state index contributed by atoms with van der Waals surface area (Å²) < 4.78 is 9.07. The lowest BCUT2D eigenvalue weighted by Gasteiger charge is -2.40. The standard InChI is InChI=1S/C38H25N3O/c1-3-13-26(14-4-1)40(27-15-5-2-6-16-27)28-23-24-33-36(25-28)42-37-39-34-21-11-12-22-35(34)41(37)38(33)31-19-9-7-17-29(31)30-18-8-10-20-32(30)38/h1-25H. The van der Waals surface area contributed by atoms with Crippen LogP contribution in [0.25, 0.3) is 22.2 Å². The molecule has 1 spiro atoms. The minimum absolute atomic E-state index is 0.596. The third-order valence-corrected chi connectivity index (χ3v) is 8.63. The molecule has 0 bridgehead atoms. The van der Waals surface area contributed by atoms with E-state index < -0.39 is 5.54 Å². The fourth-order valence-electron chi connectivity index (χ4n) is 6.99. The summed E-state index contributed by atoms with van der Waals surface area (Å²) in [4.78, 5) is 7.30. The lowest BCUT2D eigenvalue weighted by atomic mass is 9.78. The first-order chi connectivity index (χ1) is 20.8. The number of rotatable bonds is 3. The Bertz CT molecular complexity index is 2050. The molecule has 1 aromatic heterocycles. The monoisotopic (exact) mass is 539 g/mol. The molecule has 0 saturated heterocycles. The summed E-state index contributed by atoms with van der Waals surface area (Å²) in [7, 11) is 0. The van der Waals surface area contributed by atoms with Gasteiger partial charge in [0.25, 0.3) is 0 Å². The van der Waals surface area contributed by atoms with E-state index in [1.165, 1.54) is 22.3 Å². The number of hydrogen-bond donors (Lipinski definition) is 0. The second-order valence-electron chi connectivity index (χ2n) is 10.8. The second-order valence-corrected chi connectivity index (χ2v) is 10.8. The number of aromatic nitrogens is 2. The third kappa shape index (κ3) is 3.04. The maximum atomic E-state index is 6.77. The van der Waals surface area contributed by atoms with Gasteiger partial charge in [-0.15, -0.1) is 0 Å². The first-order valence-corrected chi connectivity index (χ1v) is 14.2. The van der Waals surface area contributed by atoms with Gasteiger partial charge in [0.1, 0.15) is 11.3 Å². The largest absolute Gasteiger partial charge is 0.425 e. The number of hydrogen-bond acceptors (Lipinski definition) is 3. The summed E-state index contributed by atoms with van der Waals surface area (Å²) >= 11 is 0. The van der Waals surface area contributed by atoms with Crippen LogP contribution in [0.2, 0.25) is 0 Å². The van der Waals surface area contributed by atoms with Crippen LogP contribution < -0.4 is 9.64 Å². The molecular formula is C38H25N3O. The Kier molecular flexibility index (Phi) is 4.79. The van der Waals surface area contributed by atoms with Gasteiger partial charge in [-0.3, -0.25) is 4.57 Å². The van der Waals surface area contributed by atoms with Crippen LogP contribution in [0.5, 0.6) is 11.8 Å². The summed E-state index contributed by atoms with van der Waals surface area (Å²) in [5.41, 5.74) is 10.6. The zero-order chi connectivity index (χ0) is 27.7. The maximum absolute atomic E-state index is 6.77. The molecule has 0 saturated carbocycles. The van der Waals surface area contributed by atoms with Crippen molar-refractivity contribution in [1.82, 2.24) is 9.55 Å². The fourth-order valence-corrected chi connectivity index (χ4v) is 6.99. The van der Waals surface area contributed by atoms with Crippen LogP contribution in [0.15, 0.2) is 152 Å². The van der Waals surface area contributed by atoms with Gasteiger partial charge in [-0.05, 0) is 64.7 Å². The van der Waals surface area contributed by atoms with Crippen LogP contribution in [0, 0.1) is 0 Å². The SMILES string of the molecule is c1ccc(N(c2ccccc2)c2ccc3c(c2)Oc2nc4ccccc4n2C32c3ccccc3-c3ccccc32)cc1. The Morgan fingerprint density at radius 2 is 1.10 bits per heavy atom. The summed E-state index contributed by atoms with van der Waals surface area (Å²) in [6, 6.07) is 54.0. The Hall–Kier alpha value is -5.61. The molecule has 0 amide bonds. The van der Waals surface area contributed by atoms with Crippen molar-refractivity contribution in [3.05, 3.63) is 168 Å². The number of para-hydroxylation sites is 4. The number of benzene rings is 6. The van der Waals surface area contributed by atoms with Gasteiger partial charge in [0.15, 0.2) is 0 Å². The zero-order valence-corrected chi connectivity index (χ0v) is 22.7. The number of ether oxygens (including phenoxy) is 1. The van der Waals surface area contributed by atoms with E-state index in [4.69, 9.17) is 9.72 Å². The average molecular weight is 540 g/mol. The highest BCUT2D eigenvalue weighted by Crippen LogP contribution is 2.60. The molecule has 2 heterocycles. The van der Waals surface area contributed by atoms with Crippen LogP contribution in [0.1, 0.15) is 16.7 Å². The number of fused-ring (bicyclic) bond motifs is 11. The Morgan fingerprint density at radius 1 is 0.524 bits per heavy atom. The highest BCUT2D eigenvalue weighted by molar-refractivity contribution is 5.89. The van der Waals surface area contributed by atoms with Crippen molar-refractivity contribution in [2.24, 2.45) is 0 Å². The molecule has 4 heteroatoms. The van der Waals surface area contributed by atoms with Crippen LogP contribution in [-0.2, 0) is 5.54 Å². The van der Waals surface area contributed by atoms with Crippen LogP contribution >= 0.6 is 0 Å². The lowest BCUT2D eigenvalue weighted by molar-refractivity contribution is 0.340. The topological polar surface area (TPSA) is 30.3 Å². The summed E-state index contributed by atoms with van der Waals surface area (Å²) in [5, 5.41) is 0. The third-order valence-electron chi connectivity index (χ3n) is 8.63. The maximum Gasteiger partial charge on any atom is 0.304 e. The van der Waals surface area contributed by atoms with Gasteiger partial charge >= 0.3 is 6.01 Å². The molecule has 0 N–H and O–H groups in total. The van der Waals surface area contributed by atoms with E-state index >= 15 is 0 Å². The molecular weight excluding hydrogens is 514 g/mol. The molecule has 0 radical (unpaired) electrons. The molecule has 9 rings (SSSR count). The van der Waals surface area contributed by atoms with E-state index in [0.29, 0.717) is 6.01 Å². The van der Waals surface area contributed by atoms with Gasteiger partial charge in [0, 0.05) is 28.7 Å². The van der Waals surface area contributed by atoms with Crippen molar-refractivity contribution < 1.29 is 4.74 Å². The highest BCUT2D eigenvalue weighted by atomic mass is 16.5. The van der Waals surface area contributed by atoms with Gasteiger partial charge in [-0.1, -0.05) is 103 Å².